The first kappa shape index (κ1) is 17.5. The van der Waals surface area contributed by atoms with E-state index >= 15 is 0 Å². The number of aromatic amines is 1. The number of hydrogen-bond donors (Lipinski definition) is 1. The molecule has 1 N–H and O–H groups in total. The second-order valence-electron chi connectivity index (χ2n) is 7.17. The number of aromatic nitrogens is 3. The first-order valence-electron chi connectivity index (χ1n) is 9.54. The summed E-state index contributed by atoms with van der Waals surface area (Å²) in [6.07, 6.45) is 11.0. The third-order valence-electron chi connectivity index (χ3n) is 5.47. The molecule has 2 heterocycles. The first-order chi connectivity index (χ1) is 13.3. The molecule has 1 amide bonds. The fraction of sp³-hybridized carbons (Fsp3) is 0.318. The number of hydrogen-bond acceptors (Lipinski definition) is 3. The first-order valence-corrected chi connectivity index (χ1v) is 9.54. The molecule has 2 aromatic heterocycles. The van der Waals surface area contributed by atoms with Gasteiger partial charge >= 0.3 is 0 Å². The van der Waals surface area contributed by atoms with Gasteiger partial charge in [0.05, 0.1) is 24.1 Å². The molecule has 0 bridgehead atoms. The second kappa shape index (κ2) is 8.16. The van der Waals surface area contributed by atoms with E-state index in [1.807, 2.05) is 17.0 Å². The van der Waals surface area contributed by atoms with E-state index in [0.29, 0.717) is 18.0 Å². The van der Waals surface area contributed by atoms with Gasteiger partial charge in [-0.1, -0.05) is 30.3 Å². The zero-order valence-electron chi connectivity index (χ0n) is 15.3. The van der Waals surface area contributed by atoms with E-state index < -0.39 is 0 Å². The van der Waals surface area contributed by atoms with Crippen LogP contribution in [-0.4, -0.2) is 31.8 Å². The third-order valence-corrected chi connectivity index (χ3v) is 5.47. The maximum Gasteiger partial charge on any atom is 0.256 e. The van der Waals surface area contributed by atoms with Crippen LogP contribution >= 0.6 is 0 Å². The quantitative estimate of drug-likeness (QED) is 0.743. The van der Waals surface area contributed by atoms with Crippen molar-refractivity contribution in [1.29, 1.82) is 0 Å². The van der Waals surface area contributed by atoms with Crippen LogP contribution < -0.4 is 0 Å². The summed E-state index contributed by atoms with van der Waals surface area (Å²) in [4.78, 5) is 26.5. The van der Waals surface area contributed by atoms with Crippen molar-refractivity contribution >= 4 is 5.91 Å². The molecule has 0 radical (unpaired) electrons. The van der Waals surface area contributed by atoms with Crippen LogP contribution in [-0.2, 0) is 6.54 Å². The number of benzene rings is 1. The predicted molar refractivity (Wildman–Crippen MR) is 104 cm³/mol. The SMILES string of the molecule is O=C(c1cccnc1)N(Cc1cnc[nH]1)C1CCC(c2ccccc2)CC1. The van der Waals surface area contributed by atoms with Gasteiger partial charge in [-0.25, -0.2) is 4.98 Å². The van der Waals surface area contributed by atoms with Crippen LogP contribution in [0.3, 0.4) is 0 Å². The summed E-state index contributed by atoms with van der Waals surface area (Å²) in [5.41, 5.74) is 3.01. The minimum Gasteiger partial charge on any atom is -0.347 e. The number of nitrogens with one attached hydrogen (secondary N) is 1. The van der Waals surface area contributed by atoms with Crippen molar-refractivity contribution in [2.75, 3.05) is 0 Å². The van der Waals surface area contributed by atoms with Gasteiger partial charge in [-0.3, -0.25) is 9.78 Å². The van der Waals surface area contributed by atoms with Gasteiger partial charge in [-0.2, -0.15) is 0 Å². The Hall–Kier alpha value is -2.95. The van der Waals surface area contributed by atoms with Crippen LogP contribution in [0, 0.1) is 0 Å². The number of H-pyrrole nitrogens is 1. The lowest BCUT2D eigenvalue weighted by molar-refractivity contribution is 0.0602. The van der Waals surface area contributed by atoms with Crippen molar-refractivity contribution in [2.24, 2.45) is 0 Å². The zero-order chi connectivity index (χ0) is 18.5. The summed E-state index contributed by atoms with van der Waals surface area (Å²) in [6.45, 7) is 0.550. The molecule has 0 aliphatic heterocycles. The Kier molecular flexibility index (Phi) is 5.28. The average molecular weight is 360 g/mol. The Morgan fingerprint density at radius 3 is 2.48 bits per heavy atom. The summed E-state index contributed by atoms with van der Waals surface area (Å²) >= 11 is 0. The van der Waals surface area contributed by atoms with E-state index in [0.717, 1.165) is 31.4 Å². The lowest BCUT2D eigenvalue weighted by atomic mass is 9.81. The fourth-order valence-electron chi connectivity index (χ4n) is 4.02. The maximum atomic E-state index is 13.2. The molecule has 1 saturated carbocycles. The van der Waals surface area contributed by atoms with Crippen LogP contribution in [0.1, 0.15) is 53.2 Å². The summed E-state index contributed by atoms with van der Waals surface area (Å²) in [6, 6.07) is 14.6. The molecule has 5 heteroatoms. The maximum absolute atomic E-state index is 13.2. The van der Waals surface area contributed by atoms with Gasteiger partial charge in [0.2, 0.25) is 0 Å². The minimum absolute atomic E-state index is 0.0425. The normalized spacial score (nSPS) is 19.6. The highest BCUT2D eigenvalue weighted by molar-refractivity contribution is 5.94. The molecule has 0 saturated heterocycles. The molecule has 5 nitrogen and oxygen atoms in total. The van der Waals surface area contributed by atoms with E-state index in [2.05, 4.69) is 45.3 Å². The Bertz CT molecular complexity index is 841. The molecule has 0 spiro atoms. The third kappa shape index (κ3) is 4.08. The van der Waals surface area contributed by atoms with Crippen LogP contribution in [0.2, 0.25) is 0 Å². The molecule has 1 aliphatic carbocycles. The van der Waals surface area contributed by atoms with Gasteiger partial charge in [0.1, 0.15) is 0 Å². The Labute approximate surface area is 159 Å². The molecule has 27 heavy (non-hydrogen) atoms. The summed E-state index contributed by atoms with van der Waals surface area (Å²) in [5.74, 6) is 0.630. The molecule has 1 fully saturated rings. The van der Waals surface area contributed by atoms with Crippen LogP contribution in [0.15, 0.2) is 67.4 Å². The largest absolute Gasteiger partial charge is 0.347 e. The molecular weight excluding hydrogens is 336 g/mol. The van der Waals surface area contributed by atoms with E-state index in [-0.39, 0.29) is 11.9 Å². The van der Waals surface area contributed by atoms with Gasteiger partial charge in [-0.05, 0) is 49.3 Å². The number of amides is 1. The molecule has 0 unspecified atom stereocenters. The highest BCUT2D eigenvalue weighted by Gasteiger charge is 2.30. The molecule has 3 aromatic rings. The molecule has 4 rings (SSSR count). The van der Waals surface area contributed by atoms with E-state index in [1.54, 1.807) is 24.9 Å². The fourth-order valence-corrected chi connectivity index (χ4v) is 4.02. The van der Waals surface area contributed by atoms with E-state index in [4.69, 9.17) is 0 Å². The van der Waals surface area contributed by atoms with Crippen LogP contribution in [0.5, 0.6) is 0 Å². The number of carbonyl (C=O) groups is 1. The predicted octanol–water partition coefficient (Wildman–Crippen LogP) is 4.17. The Morgan fingerprint density at radius 1 is 1.00 bits per heavy atom. The van der Waals surface area contributed by atoms with Crippen molar-refractivity contribution in [3.05, 3.63) is 84.2 Å². The smallest absolute Gasteiger partial charge is 0.256 e. The van der Waals surface area contributed by atoms with E-state index in [9.17, 15) is 4.79 Å². The minimum atomic E-state index is 0.0425. The lowest BCUT2D eigenvalue weighted by Gasteiger charge is -2.37. The molecular formula is C22H24N4O. The van der Waals surface area contributed by atoms with Crippen molar-refractivity contribution in [3.63, 3.8) is 0 Å². The second-order valence-corrected chi connectivity index (χ2v) is 7.17. The summed E-state index contributed by atoms with van der Waals surface area (Å²) in [7, 11) is 0. The molecule has 1 aliphatic rings. The van der Waals surface area contributed by atoms with Gasteiger partial charge < -0.3 is 9.88 Å². The number of rotatable bonds is 5. The number of pyridine rings is 1. The van der Waals surface area contributed by atoms with Crippen molar-refractivity contribution in [2.45, 2.75) is 44.2 Å². The number of nitrogens with zero attached hydrogens (tertiary/aromatic N) is 3. The van der Waals surface area contributed by atoms with Crippen molar-refractivity contribution < 1.29 is 4.79 Å². The van der Waals surface area contributed by atoms with E-state index in [1.165, 1.54) is 5.56 Å². The molecule has 138 valence electrons. The summed E-state index contributed by atoms with van der Waals surface area (Å²) < 4.78 is 0. The highest BCUT2D eigenvalue weighted by atomic mass is 16.2. The van der Waals surface area contributed by atoms with Crippen LogP contribution in [0.4, 0.5) is 0 Å². The zero-order valence-corrected chi connectivity index (χ0v) is 15.3. The lowest BCUT2D eigenvalue weighted by Crippen LogP contribution is -2.41. The molecule has 1 aromatic carbocycles. The van der Waals surface area contributed by atoms with Crippen molar-refractivity contribution in [3.8, 4) is 0 Å². The molecule has 0 atom stereocenters. The van der Waals surface area contributed by atoms with Gasteiger partial charge in [0.25, 0.3) is 5.91 Å². The van der Waals surface area contributed by atoms with Gasteiger partial charge in [-0.15, -0.1) is 0 Å². The monoisotopic (exact) mass is 360 g/mol. The standard InChI is InChI=1S/C22H24N4O/c27-22(19-7-4-12-23-13-19)26(15-20-14-24-16-25-20)21-10-8-18(9-11-21)17-5-2-1-3-6-17/h1-7,12-14,16,18,21H,8-11,15H2,(H,24,25). The van der Waals surface area contributed by atoms with Gasteiger partial charge in [0.15, 0.2) is 0 Å². The number of imidazole rings is 1. The highest BCUT2D eigenvalue weighted by Crippen LogP contribution is 2.35. The van der Waals surface area contributed by atoms with Crippen molar-refractivity contribution in [1.82, 2.24) is 19.9 Å². The topological polar surface area (TPSA) is 61.9 Å². The number of carbonyl (C=O) groups excluding carboxylic acids is 1. The average Bonchev–Trinajstić information content (AvgIpc) is 3.26. The Balaban J connectivity index is 1.50. The summed E-state index contributed by atoms with van der Waals surface area (Å²) in [5, 5.41) is 0. The van der Waals surface area contributed by atoms with Gasteiger partial charge in [0, 0.05) is 24.6 Å². The van der Waals surface area contributed by atoms with Crippen LogP contribution in [0.25, 0.3) is 0 Å². The Morgan fingerprint density at radius 2 is 1.81 bits per heavy atom.